The van der Waals surface area contributed by atoms with Gasteiger partial charge in [0.15, 0.2) is 11.6 Å². The van der Waals surface area contributed by atoms with Crippen LogP contribution in [0.3, 0.4) is 0 Å². The molecule has 7 heteroatoms. The molecule has 0 aromatic heterocycles. The lowest BCUT2D eigenvalue weighted by Crippen LogP contribution is -2.16. The number of anilines is 2. The summed E-state index contributed by atoms with van der Waals surface area (Å²) in [6.45, 7) is 1.39. The topological polar surface area (TPSA) is 55.1 Å². The lowest BCUT2D eigenvalue weighted by molar-refractivity contribution is 0.102. The molecule has 0 aliphatic rings. The number of aryl methyl sites for hydroxylation is 1. The van der Waals surface area contributed by atoms with Gasteiger partial charge in [-0.3, -0.25) is 4.79 Å². The Balaban J connectivity index is 2.39. The van der Waals surface area contributed by atoms with Gasteiger partial charge in [0.1, 0.15) is 11.6 Å². The molecule has 2 aromatic rings. The van der Waals surface area contributed by atoms with E-state index in [1.54, 1.807) is 0 Å². The van der Waals surface area contributed by atoms with Crippen molar-refractivity contribution < 1.29 is 22.4 Å². The summed E-state index contributed by atoms with van der Waals surface area (Å²) in [4.78, 5) is 11.9. The van der Waals surface area contributed by atoms with Crippen LogP contribution in [0.5, 0.6) is 0 Å². The molecule has 0 bridgehead atoms. The number of rotatable bonds is 2. The van der Waals surface area contributed by atoms with Crippen LogP contribution in [0.15, 0.2) is 24.3 Å². The average molecular weight is 298 g/mol. The van der Waals surface area contributed by atoms with E-state index in [0.29, 0.717) is 12.1 Å². The third-order valence-electron chi connectivity index (χ3n) is 2.76. The Labute approximate surface area is 117 Å². The van der Waals surface area contributed by atoms with Crippen molar-refractivity contribution in [2.45, 2.75) is 6.92 Å². The van der Waals surface area contributed by atoms with Crippen molar-refractivity contribution >= 4 is 17.3 Å². The van der Waals surface area contributed by atoms with E-state index in [-0.39, 0.29) is 11.3 Å². The van der Waals surface area contributed by atoms with Gasteiger partial charge in [0, 0.05) is 17.8 Å². The van der Waals surface area contributed by atoms with Crippen LogP contribution in [0.2, 0.25) is 0 Å². The van der Waals surface area contributed by atoms with Gasteiger partial charge in [0.2, 0.25) is 0 Å². The zero-order valence-corrected chi connectivity index (χ0v) is 10.8. The zero-order valence-electron chi connectivity index (χ0n) is 10.8. The monoisotopic (exact) mass is 298 g/mol. The van der Waals surface area contributed by atoms with E-state index < -0.39 is 40.4 Å². The number of carbonyl (C=O) groups excluding carboxylic acids is 1. The molecule has 0 radical (unpaired) electrons. The first-order valence-corrected chi connectivity index (χ1v) is 5.81. The van der Waals surface area contributed by atoms with Crippen molar-refractivity contribution in [2.24, 2.45) is 0 Å². The highest BCUT2D eigenvalue weighted by molar-refractivity contribution is 6.05. The molecule has 110 valence electrons. The lowest BCUT2D eigenvalue weighted by atomic mass is 10.1. The standard InChI is InChI=1S/C14H10F4N2O/c1-6-2-8(19)5-9(12(6)17)14(21)20-11-4-7(15)3-10(16)13(11)18/h2-5H,19H2,1H3,(H,20,21). The summed E-state index contributed by atoms with van der Waals surface area (Å²) >= 11 is 0. The van der Waals surface area contributed by atoms with Crippen molar-refractivity contribution in [3.05, 3.63) is 58.7 Å². The number of halogens is 4. The maximum absolute atomic E-state index is 13.8. The van der Waals surface area contributed by atoms with E-state index in [4.69, 9.17) is 5.73 Å². The molecule has 0 saturated heterocycles. The predicted molar refractivity (Wildman–Crippen MR) is 69.8 cm³/mol. The van der Waals surface area contributed by atoms with Gasteiger partial charge < -0.3 is 11.1 Å². The van der Waals surface area contributed by atoms with Gasteiger partial charge in [-0.05, 0) is 24.6 Å². The second-order valence-corrected chi connectivity index (χ2v) is 4.40. The van der Waals surface area contributed by atoms with Crippen molar-refractivity contribution in [1.29, 1.82) is 0 Å². The minimum Gasteiger partial charge on any atom is -0.399 e. The summed E-state index contributed by atoms with van der Waals surface area (Å²) in [5, 5.41) is 1.91. The fraction of sp³-hybridized carbons (Fsp3) is 0.0714. The minimum atomic E-state index is -1.46. The van der Waals surface area contributed by atoms with E-state index >= 15 is 0 Å². The van der Waals surface area contributed by atoms with Crippen molar-refractivity contribution in [1.82, 2.24) is 0 Å². The van der Waals surface area contributed by atoms with Crippen LogP contribution in [-0.2, 0) is 0 Å². The molecule has 0 aliphatic heterocycles. The quantitative estimate of drug-likeness (QED) is 0.507. The molecule has 0 saturated carbocycles. The van der Waals surface area contributed by atoms with Gasteiger partial charge in [-0.2, -0.15) is 0 Å². The van der Waals surface area contributed by atoms with Crippen LogP contribution in [0.4, 0.5) is 28.9 Å². The third-order valence-corrected chi connectivity index (χ3v) is 2.76. The maximum Gasteiger partial charge on any atom is 0.258 e. The van der Waals surface area contributed by atoms with Crippen LogP contribution >= 0.6 is 0 Å². The van der Waals surface area contributed by atoms with Crippen LogP contribution < -0.4 is 11.1 Å². The fourth-order valence-electron chi connectivity index (χ4n) is 1.80. The van der Waals surface area contributed by atoms with E-state index in [2.05, 4.69) is 0 Å². The van der Waals surface area contributed by atoms with E-state index in [1.165, 1.54) is 13.0 Å². The highest BCUT2D eigenvalue weighted by Crippen LogP contribution is 2.22. The second-order valence-electron chi connectivity index (χ2n) is 4.40. The molecular formula is C14H10F4N2O. The molecule has 3 nitrogen and oxygen atoms in total. The average Bonchev–Trinajstić information content (AvgIpc) is 2.39. The maximum atomic E-state index is 13.8. The van der Waals surface area contributed by atoms with Gasteiger partial charge in [-0.15, -0.1) is 0 Å². The van der Waals surface area contributed by atoms with Crippen LogP contribution in [0, 0.1) is 30.2 Å². The highest BCUT2D eigenvalue weighted by Gasteiger charge is 2.18. The van der Waals surface area contributed by atoms with Gasteiger partial charge in [0.05, 0.1) is 11.3 Å². The largest absolute Gasteiger partial charge is 0.399 e. The molecular weight excluding hydrogens is 288 g/mol. The molecule has 0 aliphatic carbocycles. The molecule has 2 rings (SSSR count). The van der Waals surface area contributed by atoms with Gasteiger partial charge in [0.25, 0.3) is 5.91 Å². The normalized spacial score (nSPS) is 10.5. The number of hydrogen-bond acceptors (Lipinski definition) is 2. The molecule has 0 atom stereocenters. The molecule has 0 spiro atoms. The number of nitrogen functional groups attached to an aromatic ring is 1. The Morgan fingerprint density at radius 1 is 1.05 bits per heavy atom. The number of amides is 1. The summed E-state index contributed by atoms with van der Waals surface area (Å²) in [6.07, 6.45) is 0. The zero-order chi connectivity index (χ0) is 15.7. The van der Waals surface area contributed by atoms with Gasteiger partial charge >= 0.3 is 0 Å². The molecule has 1 amide bonds. The second kappa shape index (κ2) is 5.43. The highest BCUT2D eigenvalue weighted by atomic mass is 19.2. The number of hydrogen-bond donors (Lipinski definition) is 2. The molecule has 0 unspecified atom stereocenters. The lowest BCUT2D eigenvalue weighted by Gasteiger charge is -2.10. The van der Waals surface area contributed by atoms with Gasteiger partial charge in [-0.1, -0.05) is 0 Å². The van der Waals surface area contributed by atoms with Crippen LogP contribution in [0.25, 0.3) is 0 Å². The third kappa shape index (κ3) is 2.96. The predicted octanol–water partition coefficient (Wildman–Crippen LogP) is 3.39. The first-order valence-electron chi connectivity index (χ1n) is 5.81. The molecule has 3 N–H and O–H groups in total. The Morgan fingerprint density at radius 2 is 1.71 bits per heavy atom. The van der Waals surface area contributed by atoms with Crippen molar-refractivity contribution in [3.63, 3.8) is 0 Å². The van der Waals surface area contributed by atoms with Crippen LogP contribution in [0.1, 0.15) is 15.9 Å². The minimum absolute atomic E-state index is 0.117. The summed E-state index contributed by atoms with van der Waals surface area (Å²) < 4.78 is 53.3. The molecule has 0 heterocycles. The Kier molecular flexibility index (Phi) is 3.84. The fourth-order valence-corrected chi connectivity index (χ4v) is 1.80. The number of carbonyl (C=O) groups is 1. The summed E-state index contributed by atoms with van der Waals surface area (Å²) in [6, 6.07) is 3.28. The van der Waals surface area contributed by atoms with Crippen molar-refractivity contribution in [2.75, 3.05) is 11.1 Å². The Hall–Kier alpha value is -2.57. The molecule has 21 heavy (non-hydrogen) atoms. The number of benzene rings is 2. The molecule has 2 aromatic carbocycles. The molecule has 0 fully saturated rings. The van der Waals surface area contributed by atoms with E-state index in [9.17, 15) is 22.4 Å². The van der Waals surface area contributed by atoms with Gasteiger partial charge in [-0.25, -0.2) is 17.6 Å². The number of nitrogens with one attached hydrogen (secondary N) is 1. The van der Waals surface area contributed by atoms with E-state index in [1.807, 2.05) is 5.32 Å². The number of nitrogens with two attached hydrogens (primary N) is 1. The summed E-state index contributed by atoms with van der Waals surface area (Å²) in [5.74, 6) is -5.89. The summed E-state index contributed by atoms with van der Waals surface area (Å²) in [7, 11) is 0. The summed E-state index contributed by atoms with van der Waals surface area (Å²) in [5.41, 5.74) is 4.57. The first-order chi connectivity index (χ1) is 9.79. The smallest absolute Gasteiger partial charge is 0.258 e. The van der Waals surface area contributed by atoms with Crippen molar-refractivity contribution in [3.8, 4) is 0 Å². The van der Waals surface area contributed by atoms with Crippen LogP contribution in [-0.4, -0.2) is 5.91 Å². The SMILES string of the molecule is Cc1cc(N)cc(C(=O)Nc2cc(F)cc(F)c2F)c1F. The van der Waals surface area contributed by atoms with E-state index in [0.717, 1.165) is 6.07 Å². The first kappa shape index (κ1) is 14.8. The Morgan fingerprint density at radius 3 is 2.38 bits per heavy atom. The Bertz CT molecular complexity index is 731.